The summed E-state index contributed by atoms with van der Waals surface area (Å²) in [5.74, 6) is -0.00658. The lowest BCUT2D eigenvalue weighted by Gasteiger charge is -2.23. The molecule has 2 heterocycles. The SMILES string of the molecule is CCc1c(N2CCCC2)ccnc1C(=O)N(C)C. The van der Waals surface area contributed by atoms with Crippen LogP contribution in [0.1, 0.15) is 35.8 Å². The number of hydrogen-bond donors (Lipinski definition) is 0. The second kappa shape index (κ2) is 5.38. The molecule has 0 atom stereocenters. The second-order valence-electron chi connectivity index (χ2n) is 4.90. The summed E-state index contributed by atoms with van der Waals surface area (Å²) in [4.78, 5) is 20.4. The molecule has 0 radical (unpaired) electrons. The zero-order valence-corrected chi connectivity index (χ0v) is 11.4. The van der Waals surface area contributed by atoms with Crippen LogP contribution in [0.3, 0.4) is 0 Å². The van der Waals surface area contributed by atoms with Crippen molar-refractivity contribution in [2.75, 3.05) is 32.1 Å². The average molecular weight is 247 g/mol. The highest BCUT2D eigenvalue weighted by atomic mass is 16.2. The van der Waals surface area contributed by atoms with E-state index in [9.17, 15) is 4.79 Å². The Balaban J connectivity index is 2.42. The fourth-order valence-electron chi connectivity index (χ4n) is 2.48. The third-order valence-electron chi connectivity index (χ3n) is 3.44. The van der Waals surface area contributed by atoms with Gasteiger partial charge in [0.05, 0.1) is 0 Å². The maximum absolute atomic E-state index is 12.1. The molecule has 1 aliphatic rings. The zero-order chi connectivity index (χ0) is 13.1. The summed E-state index contributed by atoms with van der Waals surface area (Å²) in [6.45, 7) is 4.27. The number of amides is 1. The lowest BCUT2D eigenvalue weighted by Crippen LogP contribution is -2.26. The molecule has 1 amide bonds. The Hall–Kier alpha value is -1.58. The number of aromatic nitrogens is 1. The van der Waals surface area contributed by atoms with Gasteiger partial charge in [0, 0.05) is 44.6 Å². The van der Waals surface area contributed by atoms with Crippen LogP contribution in [0, 0.1) is 0 Å². The minimum absolute atomic E-state index is 0.00658. The Labute approximate surface area is 109 Å². The molecule has 2 rings (SSSR count). The van der Waals surface area contributed by atoms with Gasteiger partial charge in [-0.2, -0.15) is 0 Å². The molecule has 0 aromatic carbocycles. The van der Waals surface area contributed by atoms with Gasteiger partial charge in [-0.05, 0) is 25.3 Å². The van der Waals surface area contributed by atoms with E-state index in [1.54, 1.807) is 25.2 Å². The van der Waals surface area contributed by atoms with Gasteiger partial charge in [0.25, 0.3) is 5.91 Å². The number of carbonyl (C=O) groups is 1. The van der Waals surface area contributed by atoms with Gasteiger partial charge in [-0.15, -0.1) is 0 Å². The van der Waals surface area contributed by atoms with Crippen LogP contribution in [0.15, 0.2) is 12.3 Å². The number of nitrogens with zero attached hydrogens (tertiary/aromatic N) is 3. The molecule has 98 valence electrons. The molecule has 0 unspecified atom stereocenters. The van der Waals surface area contributed by atoms with E-state index >= 15 is 0 Å². The second-order valence-corrected chi connectivity index (χ2v) is 4.90. The summed E-state index contributed by atoms with van der Waals surface area (Å²) in [6.07, 6.45) is 5.07. The van der Waals surface area contributed by atoms with Crippen molar-refractivity contribution < 1.29 is 4.79 Å². The Morgan fingerprint density at radius 2 is 2.06 bits per heavy atom. The first-order valence-electron chi connectivity index (χ1n) is 6.59. The highest BCUT2D eigenvalue weighted by molar-refractivity contribution is 5.94. The first kappa shape index (κ1) is 12.9. The summed E-state index contributed by atoms with van der Waals surface area (Å²) in [6, 6.07) is 2.04. The molecular formula is C14H21N3O. The van der Waals surface area contributed by atoms with E-state index in [0.717, 1.165) is 25.1 Å². The number of pyridine rings is 1. The minimum atomic E-state index is -0.00658. The molecule has 18 heavy (non-hydrogen) atoms. The van der Waals surface area contributed by atoms with Gasteiger partial charge >= 0.3 is 0 Å². The van der Waals surface area contributed by atoms with E-state index in [-0.39, 0.29) is 5.91 Å². The topological polar surface area (TPSA) is 36.4 Å². The van der Waals surface area contributed by atoms with E-state index in [1.165, 1.54) is 18.5 Å². The van der Waals surface area contributed by atoms with E-state index < -0.39 is 0 Å². The lowest BCUT2D eigenvalue weighted by atomic mass is 10.1. The van der Waals surface area contributed by atoms with Crippen molar-refractivity contribution in [1.29, 1.82) is 0 Å². The van der Waals surface area contributed by atoms with E-state index in [1.807, 2.05) is 6.07 Å². The molecule has 1 aromatic heterocycles. The monoisotopic (exact) mass is 247 g/mol. The Kier molecular flexibility index (Phi) is 3.84. The van der Waals surface area contributed by atoms with E-state index in [0.29, 0.717) is 5.69 Å². The molecule has 0 saturated carbocycles. The van der Waals surface area contributed by atoms with Gasteiger partial charge < -0.3 is 9.80 Å². The van der Waals surface area contributed by atoms with Crippen molar-refractivity contribution in [2.45, 2.75) is 26.2 Å². The van der Waals surface area contributed by atoms with Crippen molar-refractivity contribution in [2.24, 2.45) is 0 Å². The highest BCUT2D eigenvalue weighted by Gasteiger charge is 2.21. The zero-order valence-electron chi connectivity index (χ0n) is 11.4. The maximum atomic E-state index is 12.1. The largest absolute Gasteiger partial charge is 0.371 e. The minimum Gasteiger partial charge on any atom is -0.371 e. The van der Waals surface area contributed by atoms with Crippen LogP contribution >= 0.6 is 0 Å². The molecule has 0 aliphatic carbocycles. The molecule has 0 N–H and O–H groups in total. The first-order chi connectivity index (χ1) is 8.65. The summed E-state index contributed by atoms with van der Waals surface area (Å²) >= 11 is 0. The third kappa shape index (κ3) is 2.33. The van der Waals surface area contributed by atoms with Gasteiger partial charge in [0.2, 0.25) is 0 Å². The normalized spacial score (nSPS) is 14.9. The lowest BCUT2D eigenvalue weighted by molar-refractivity contribution is 0.0821. The van der Waals surface area contributed by atoms with Crippen LogP contribution in [0.4, 0.5) is 5.69 Å². The predicted octanol–water partition coefficient (Wildman–Crippen LogP) is 1.95. The molecule has 1 aromatic rings. The molecule has 0 bridgehead atoms. The molecule has 4 heteroatoms. The van der Waals surface area contributed by atoms with Gasteiger partial charge in [0.15, 0.2) is 0 Å². The third-order valence-corrected chi connectivity index (χ3v) is 3.44. The Morgan fingerprint density at radius 3 is 2.61 bits per heavy atom. The van der Waals surface area contributed by atoms with Crippen molar-refractivity contribution in [1.82, 2.24) is 9.88 Å². The Morgan fingerprint density at radius 1 is 1.39 bits per heavy atom. The predicted molar refractivity (Wildman–Crippen MR) is 73.1 cm³/mol. The van der Waals surface area contributed by atoms with Crippen molar-refractivity contribution in [3.05, 3.63) is 23.5 Å². The van der Waals surface area contributed by atoms with Gasteiger partial charge in [0.1, 0.15) is 5.69 Å². The smallest absolute Gasteiger partial charge is 0.272 e. The average Bonchev–Trinajstić information content (AvgIpc) is 2.90. The van der Waals surface area contributed by atoms with Crippen LogP contribution in [0.5, 0.6) is 0 Å². The van der Waals surface area contributed by atoms with Gasteiger partial charge in [-0.1, -0.05) is 6.92 Å². The summed E-state index contributed by atoms with van der Waals surface area (Å²) in [7, 11) is 3.54. The van der Waals surface area contributed by atoms with Crippen LogP contribution in [0.25, 0.3) is 0 Å². The molecule has 0 spiro atoms. The van der Waals surface area contributed by atoms with Gasteiger partial charge in [-0.25, -0.2) is 0 Å². The van der Waals surface area contributed by atoms with Crippen molar-refractivity contribution in [3.8, 4) is 0 Å². The molecular weight excluding hydrogens is 226 g/mol. The number of hydrogen-bond acceptors (Lipinski definition) is 3. The van der Waals surface area contributed by atoms with E-state index in [4.69, 9.17) is 0 Å². The van der Waals surface area contributed by atoms with Crippen LogP contribution < -0.4 is 4.90 Å². The van der Waals surface area contributed by atoms with Gasteiger partial charge in [-0.3, -0.25) is 9.78 Å². The summed E-state index contributed by atoms with van der Waals surface area (Å²) in [5.41, 5.74) is 2.88. The number of carbonyl (C=O) groups excluding carboxylic acids is 1. The fraction of sp³-hybridized carbons (Fsp3) is 0.571. The van der Waals surface area contributed by atoms with Crippen LogP contribution in [0.2, 0.25) is 0 Å². The Bertz CT molecular complexity index is 437. The summed E-state index contributed by atoms with van der Waals surface area (Å²) < 4.78 is 0. The molecule has 1 saturated heterocycles. The fourth-order valence-corrected chi connectivity index (χ4v) is 2.48. The standard InChI is InChI=1S/C14H21N3O/c1-4-11-12(17-9-5-6-10-17)7-8-15-13(11)14(18)16(2)3/h7-8H,4-6,9-10H2,1-3H3. The van der Waals surface area contributed by atoms with Crippen LogP contribution in [-0.4, -0.2) is 43.0 Å². The quantitative estimate of drug-likeness (QED) is 0.819. The molecule has 4 nitrogen and oxygen atoms in total. The first-order valence-corrected chi connectivity index (χ1v) is 6.59. The highest BCUT2D eigenvalue weighted by Crippen LogP contribution is 2.27. The molecule has 1 fully saturated rings. The van der Waals surface area contributed by atoms with Crippen LogP contribution in [-0.2, 0) is 6.42 Å². The van der Waals surface area contributed by atoms with E-state index in [2.05, 4.69) is 16.8 Å². The number of anilines is 1. The van der Waals surface area contributed by atoms with Crippen molar-refractivity contribution in [3.63, 3.8) is 0 Å². The maximum Gasteiger partial charge on any atom is 0.272 e. The number of rotatable bonds is 3. The summed E-state index contributed by atoms with van der Waals surface area (Å²) in [5, 5.41) is 0. The van der Waals surface area contributed by atoms with Crippen molar-refractivity contribution >= 4 is 11.6 Å². The molecule has 1 aliphatic heterocycles.